The first-order chi connectivity index (χ1) is 15.4. The van der Waals surface area contributed by atoms with Crippen LogP contribution in [0.15, 0.2) is 35.7 Å². The van der Waals surface area contributed by atoms with Gasteiger partial charge < -0.3 is 18.9 Å². The Labute approximate surface area is 187 Å². The van der Waals surface area contributed by atoms with Crippen LogP contribution in [0, 0.1) is 10.1 Å². The molecule has 1 N–H and O–H groups in total. The predicted molar refractivity (Wildman–Crippen MR) is 119 cm³/mol. The molecular weight excluding hydrogens is 438 g/mol. The molecule has 0 atom stereocenters. The van der Waals surface area contributed by atoms with E-state index in [1.54, 1.807) is 44.7 Å². The summed E-state index contributed by atoms with van der Waals surface area (Å²) in [6.45, 7) is 2.05. The lowest BCUT2D eigenvalue weighted by Crippen LogP contribution is -2.14. The second-order valence-corrected chi connectivity index (χ2v) is 7.13. The maximum absolute atomic E-state index is 12.9. The maximum atomic E-state index is 12.9. The molecule has 32 heavy (non-hydrogen) atoms. The quantitative estimate of drug-likeness (QED) is 0.369. The van der Waals surface area contributed by atoms with Crippen molar-refractivity contribution in [1.29, 1.82) is 0 Å². The van der Waals surface area contributed by atoms with Crippen molar-refractivity contribution in [2.75, 3.05) is 33.3 Å². The van der Waals surface area contributed by atoms with Crippen LogP contribution >= 0.6 is 11.3 Å². The molecule has 168 valence electrons. The Kier molecular flexibility index (Phi) is 7.11. The Morgan fingerprint density at radius 2 is 1.84 bits per heavy atom. The Morgan fingerprint density at radius 1 is 1.09 bits per heavy atom. The lowest BCUT2D eigenvalue weighted by atomic mass is 10.1. The number of carbonyl (C=O) groups excluding carboxylic acids is 1. The number of hydrogen-bond donors (Lipinski definition) is 1. The van der Waals surface area contributed by atoms with Crippen LogP contribution < -0.4 is 24.3 Å². The van der Waals surface area contributed by atoms with Crippen molar-refractivity contribution < 1.29 is 28.7 Å². The monoisotopic (exact) mass is 459 g/mol. The van der Waals surface area contributed by atoms with Crippen molar-refractivity contribution in [2.45, 2.75) is 6.92 Å². The minimum Gasteiger partial charge on any atom is -0.497 e. The first-order valence-electron chi connectivity index (χ1n) is 9.40. The summed E-state index contributed by atoms with van der Waals surface area (Å²) >= 11 is 1.17. The highest BCUT2D eigenvalue weighted by molar-refractivity contribution is 7.14. The van der Waals surface area contributed by atoms with E-state index in [2.05, 4.69) is 10.3 Å². The van der Waals surface area contributed by atoms with E-state index in [0.717, 1.165) is 6.07 Å². The summed E-state index contributed by atoms with van der Waals surface area (Å²) in [6.07, 6.45) is 0. The molecule has 0 fully saturated rings. The van der Waals surface area contributed by atoms with Gasteiger partial charge in [0.1, 0.15) is 17.1 Å². The Balaban J connectivity index is 1.93. The highest BCUT2D eigenvalue weighted by Gasteiger charge is 2.25. The van der Waals surface area contributed by atoms with Crippen LogP contribution in [0.2, 0.25) is 0 Å². The SMILES string of the molecule is CCOc1cc(C(=O)Nc2nc(-c3cc(OC)ccc3OC)cs2)c([N+](=O)[O-])cc1OC. The van der Waals surface area contributed by atoms with Crippen LogP contribution in [0.3, 0.4) is 0 Å². The van der Waals surface area contributed by atoms with E-state index in [1.165, 1.54) is 24.5 Å². The van der Waals surface area contributed by atoms with Gasteiger partial charge in [0, 0.05) is 17.0 Å². The number of methoxy groups -OCH3 is 3. The second-order valence-electron chi connectivity index (χ2n) is 6.27. The number of amides is 1. The highest BCUT2D eigenvalue weighted by atomic mass is 32.1. The molecule has 11 heteroatoms. The lowest BCUT2D eigenvalue weighted by molar-refractivity contribution is -0.385. The minimum atomic E-state index is -0.696. The molecule has 0 unspecified atom stereocenters. The number of rotatable bonds is 9. The number of aromatic nitrogens is 1. The third kappa shape index (κ3) is 4.72. The number of thiazole rings is 1. The average molecular weight is 459 g/mol. The summed E-state index contributed by atoms with van der Waals surface area (Å²) in [6, 6.07) is 7.73. The van der Waals surface area contributed by atoms with Gasteiger partial charge in [-0.3, -0.25) is 20.2 Å². The van der Waals surface area contributed by atoms with Gasteiger partial charge in [-0.05, 0) is 25.1 Å². The zero-order valence-corrected chi connectivity index (χ0v) is 18.6. The van der Waals surface area contributed by atoms with Gasteiger partial charge in [0.15, 0.2) is 16.6 Å². The van der Waals surface area contributed by atoms with Gasteiger partial charge in [0.05, 0.1) is 44.6 Å². The van der Waals surface area contributed by atoms with Gasteiger partial charge in [-0.25, -0.2) is 4.98 Å². The number of anilines is 1. The summed E-state index contributed by atoms with van der Waals surface area (Å²) in [5.74, 6) is 0.903. The van der Waals surface area contributed by atoms with E-state index >= 15 is 0 Å². The van der Waals surface area contributed by atoms with Crippen molar-refractivity contribution in [3.63, 3.8) is 0 Å². The van der Waals surface area contributed by atoms with Gasteiger partial charge in [0.2, 0.25) is 0 Å². The smallest absolute Gasteiger partial charge is 0.286 e. The third-order valence-electron chi connectivity index (χ3n) is 4.43. The molecular formula is C21H21N3O7S. The van der Waals surface area contributed by atoms with Crippen LogP contribution in [0.5, 0.6) is 23.0 Å². The standard InChI is InChI=1S/C21H21N3O7S/c1-5-31-19-9-14(16(24(26)27)10-18(19)30-4)20(25)23-21-22-15(11-32-21)13-8-12(28-2)6-7-17(13)29-3/h6-11H,5H2,1-4H3,(H,22,23,25). The molecule has 0 aliphatic carbocycles. The normalized spacial score (nSPS) is 10.4. The third-order valence-corrected chi connectivity index (χ3v) is 5.19. The largest absolute Gasteiger partial charge is 0.497 e. The summed E-state index contributed by atoms with van der Waals surface area (Å²) in [5, 5.41) is 16.1. The van der Waals surface area contributed by atoms with E-state index in [1.807, 2.05) is 0 Å². The number of nitrogens with one attached hydrogen (secondary N) is 1. The van der Waals surface area contributed by atoms with Crippen LogP contribution in [-0.4, -0.2) is 43.8 Å². The number of benzene rings is 2. The summed E-state index contributed by atoms with van der Waals surface area (Å²) in [7, 11) is 4.46. The van der Waals surface area contributed by atoms with Crippen molar-refractivity contribution in [3.05, 3.63) is 51.4 Å². The fourth-order valence-corrected chi connectivity index (χ4v) is 3.65. The van der Waals surface area contributed by atoms with E-state index in [-0.39, 0.29) is 22.2 Å². The van der Waals surface area contributed by atoms with Crippen LogP contribution in [0.4, 0.5) is 10.8 Å². The first kappa shape index (κ1) is 22.8. The van der Waals surface area contributed by atoms with Crippen LogP contribution in [0.1, 0.15) is 17.3 Å². The maximum Gasteiger partial charge on any atom is 0.286 e. The predicted octanol–water partition coefficient (Wildman–Crippen LogP) is 4.40. The van der Waals surface area contributed by atoms with E-state index in [0.29, 0.717) is 29.4 Å². The average Bonchev–Trinajstić information content (AvgIpc) is 3.26. The zero-order valence-electron chi connectivity index (χ0n) is 17.8. The van der Waals surface area contributed by atoms with Gasteiger partial charge in [-0.2, -0.15) is 0 Å². The first-order valence-corrected chi connectivity index (χ1v) is 10.3. The van der Waals surface area contributed by atoms with E-state index < -0.39 is 16.5 Å². The topological polar surface area (TPSA) is 122 Å². The molecule has 0 radical (unpaired) electrons. The minimum absolute atomic E-state index is 0.164. The Morgan fingerprint density at radius 3 is 2.47 bits per heavy atom. The van der Waals surface area contributed by atoms with Crippen LogP contribution in [-0.2, 0) is 0 Å². The Bertz CT molecular complexity index is 1150. The van der Waals surface area contributed by atoms with Crippen molar-refractivity contribution in [3.8, 4) is 34.3 Å². The molecule has 0 aliphatic heterocycles. The number of ether oxygens (including phenoxy) is 4. The van der Waals surface area contributed by atoms with E-state index in [9.17, 15) is 14.9 Å². The molecule has 0 aliphatic rings. The molecule has 0 bridgehead atoms. The van der Waals surface area contributed by atoms with Crippen molar-refractivity contribution in [1.82, 2.24) is 4.98 Å². The molecule has 2 aromatic carbocycles. The number of nitrogens with zero attached hydrogens (tertiary/aromatic N) is 2. The molecule has 1 amide bonds. The molecule has 10 nitrogen and oxygen atoms in total. The molecule has 0 spiro atoms. The molecule has 0 saturated carbocycles. The van der Waals surface area contributed by atoms with Crippen molar-refractivity contribution >= 4 is 28.1 Å². The Hall–Kier alpha value is -3.86. The highest BCUT2D eigenvalue weighted by Crippen LogP contribution is 2.37. The van der Waals surface area contributed by atoms with Crippen LogP contribution in [0.25, 0.3) is 11.3 Å². The molecule has 1 aromatic heterocycles. The van der Waals surface area contributed by atoms with Gasteiger partial charge in [0.25, 0.3) is 11.6 Å². The fraction of sp³-hybridized carbons (Fsp3) is 0.238. The van der Waals surface area contributed by atoms with Gasteiger partial charge >= 0.3 is 0 Å². The molecule has 3 rings (SSSR count). The van der Waals surface area contributed by atoms with Gasteiger partial charge in [-0.15, -0.1) is 11.3 Å². The van der Waals surface area contributed by atoms with Gasteiger partial charge in [-0.1, -0.05) is 0 Å². The number of nitro groups is 1. The summed E-state index contributed by atoms with van der Waals surface area (Å²) in [5.41, 5.74) is 0.655. The zero-order chi connectivity index (χ0) is 23.3. The number of nitro benzene ring substituents is 1. The van der Waals surface area contributed by atoms with E-state index in [4.69, 9.17) is 18.9 Å². The van der Waals surface area contributed by atoms with Crippen molar-refractivity contribution in [2.24, 2.45) is 0 Å². The summed E-state index contributed by atoms with van der Waals surface area (Å²) in [4.78, 5) is 28.2. The second kappa shape index (κ2) is 9.96. The summed E-state index contributed by atoms with van der Waals surface area (Å²) < 4.78 is 21.2. The number of carbonyl (C=O) groups is 1. The molecule has 3 aromatic rings. The molecule has 0 saturated heterocycles. The number of hydrogen-bond acceptors (Lipinski definition) is 9. The lowest BCUT2D eigenvalue weighted by Gasteiger charge is -2.11. The molecule has 1 heterocycles. The fourth-order valence-electron chi connectivity index (χ4n) is 2.94.